The predicted octanol–water partition coefficient (Wildman–Crippen LogP) is 2.65. The molecule has 2 aromatic rings. The standard InChI is InChI=1S/C12H7ClF3NO4/c1-6-4-10(18)17(11(19)20-6)7-2-3-9(8(13)5-7)21-12(14,15)16/h2-5H,1H3. The number of benzene rings is 1. The highest BCUT2D eigenvalue weighted by atomic mass is 35.5. The summed E-state index contributed by atoms with van der Waals surface area (Å²) in [4.78, 5) is 23.4. The summed E-state index contributed by atoms with van der Waals surface area (Å²) in [5.41, 5.74) is -0.724. The van der Waals surface area contributed by atoms with Gasteiger partial charge in [-0.15, -0.1) is 13.2 Å². The van der Waals surface area contributed by atoms with E-state index < -0.39 is 28.4 Å². The van der Waals surface area contributed by atoms with Gasteiger partial charge in [0.15, 0.2) is 0 Å². The second-order valence-electron chi connectivity index (χ2n) is 3.96. The molecular formula is C12H7ClF3NO4. The SMILES string of the molecule is Cc1cc(=O)n(-c2ccc(OC(F)(F)F)c(Cl)c2)c(=O)o1. The van der Waals surface area contributed by atoms with Crippen LogP contribution in [0.15, 0.2) is 38.3 Å². The first-order valence-corrected chi connectivity index (χ1v) is 5.84. The molecule has 0 atom stereocenters. The number of alkyl halides is 3. The van der Waals surface area contributed by atoms with Crippen molar-refractivity contribution in [3.8, 4) is 11.4 Å². The zero-order chi connectivity index (χ0) is 15.8. The Bertz CT molecular complexity index is 763. The highest BCUT2D eigenvalue weighted by molar-refractivity contribution is 6.32. The second-order valence-corrected chi connectivity index (χ2v) is 4.37. The fourth-order valence-corrected chi connectivity index (χ4v) is 1.82. The molecule has 21 heavy (non-hydrogen) atoms. The zero-order valence-electron chi connectivity index (χ0n) is 10.4. The van der Waals surface area contributed by atoms with E-state index in [1.807, 2.05) is 0 Å². The molecule has 0 saturated heterocycles. The van der Waals surface area contributed by atoms with Crippen molar-refractivity contribution in [3.63, 3.8) is 0 Å². The lowest BCUT2D eigenvalue weighted by molar-refractivity contribution is -0.274. The maximum absolute atomic E-state index is 12.1. The minimum atomic E-state index is -4.90. The number of halogens is 4. The monoisotopic (exact) mass is 321 g/mol. The summed E-state index contributed by atoms with van der Waals surface area (Å²) < 4.78 is 45.4. The number of ether oxygens (including phenoxy) is 1. The molecule has 1 aromatic heterocycles. The summed E-state index contributed by atoms with van der Waals surface area (Å²) in [6, 6.07) is 4.04. The summed E-state index contributed by atoms with van der Waals surface area (Å²) in [5.74, 6) is -1.50. The average Bonchev–Trinajstić information content (AvgIpc) is 2.29. The van der Waals surface area contributed by atoms with Crippen LogP contribution in [0.3, 0.4) is 0 Å². The van der Waals surface area contributed by atoms with Crippen LogP contribution in [0.4, 0.5) is 13.2 Å². The van der Waals surface area contributed by atoms with E-state index in [0.29, 0.717) is 4.57 Å². The zero-order valence-corrected chi connectivity index (χ0v) is 11.2. The largest absolute Gasteiger partial charge is 0.573 e. The number of hydrogen-bond donors (Lipinski definition) is 0. The molecule has 0 unspecified atom stereocenters. The normalized spacial score (nSPS) is 11.5. The fraction of sp³-hybridized carbons (Fsp3) is 0.167. The van der Waals surface area contributed by atoms with E-state index in [0.717, 1.165) is 24.3 Å². The van der Waals surface area contributed by atoms with Gasteiger partial charge in [-0.2, -0.15) is 0 Å². The Kier molecular flexibility index (Phi) is 3.82. The molecule has 9 heteroatoms. The second kappa shape index (κ2) is 5.28. The van der Waals surface area contributed by atoms with Gasteiger partial charge < -0.3 is 9.15 Å². The molecule has 0 aliphatic heterocycles. The van der Waals surface area contributed by atoms with Crippen molar-refractivity contribution in [2.45, 2.75) is 13.3 Å². The third-order valence-electron chi connectivity index (χ3n) is 2.38. The minimum absolute atomic E-state index is 0.0340. The van der Waals surface area contributed by atoms with E-state index in [-0.39, 0.29) is 11.4 Å². The summed E-state index contributed by atoms with van der Waals surface area (Å²) in [6.45, 7) is 1.42. The van der Waals surface area contributed by atoms with E-state index in [1.165, 1.54) is 6.92 Å². The Balaban J connectivity index is 2.51. The summed E-state index contributed by atoms with van der Waals surface area (Å²) in [5, 5.41) is -0.406. The van der Waals surface area contributed by atoms with Crippen LogP contribution >= 0.6 is 11.6 Å². The molecule has 0 bridgehead atoms. The van der Waals surface area contributed by atoms with Crippen LogP contribution in [-0.2, 0) is 0 Å². The molecule has 0 aliphatic rings. The Hall–Kier alpha value is -2.22. The van der Waals surface area contributed by atoms with Gasteiger partial charge in [0, 0.05) is 6.07 Å². The van der Waals surface area contributed by atoms with Crippen molar-refractivity contribution in [2.75, 3.05) is 0 Å². The van der Waals surface area contributed by atoms with Gasteiger partial charge in [-0.1, -0.05) is 11.6 Å². The number of nitrogens with zero attached hydrogens (tertiary/aromatic N) is 1. The number of aryl methyl sites for hydroxylation is 1. The minimum Gasteiger partial charge on any atom is -0.414 e. The van der Waals surface area contributed by atoms with Crippen LogP contribution in [0, 0.1) is 6.92 Å². The topological polar surface area (TPSA) is 61.4 Å². The lowest BCUT2D eigenvalue weighted by Gasteiger charge is -2.11. The molecule has 1 aromatic carbocycles. The third-order valence-corrected chi connectivity index (χ3v) is 2.67. The molecule has 2 rings (SSSR count). The highest BCUT2D eigenvalue weighted by Crippen LogP contribution is 2.31. The molecule has 0 N–H and O–H groups in total. The highest BCUT2D eigenvalue weighted by Gasteiger charge is 2.32. The van der Waals surface area contributed by atoms with Gasteiger partial charge in [0.2, 0.25) is 0 Å². The molecule has 0 aliphatic carbocycles. The van der Waals surface area contributed by atoms with Crippen molar-refractivity contribution in [3.05, 3.63) is 56.0 Å². The summed E-state index contributed by atoms with van der Waals surface area (Å²) >= 11 is 5.65. The molecule has 0 amide bonds. The maximum atomic E-state index is 12.1. The Morgan fingerprint density at radius 2 is 1.90 bits per heavy atom. The first kappa shape index (κ1) is 15.2. The van der Waals surface area contributed by atoms with Gasteiger partial charge in [0.1, 0.15) is 11.5 Å². The van der Waals surface area contributed by atoms with Crippen LogP contribution in [0.5, 0.6) is 5.75 Å². The first-order chi connectivity index (χ1) is 9.67. The molecule has 0 spiro atoms. The van der Waals surface area contributed by atoms with Crippen molar-refractivity contribution in [1.29, 1.82) is 0 Å². The van der Waals surface area contributed by atoms with Crippen LogP contribution in [0.2, 0.25) is 5.02 Å². The van der Waals surface area contributed by atoms with Crippen molar-refractivity contribution < 1.29 is 22.3 Å². The number of hydrogen-bond acceptors (Lipinski definition) is 4. The van der Waals surface area contributed by atoms with E-state index in [2.05, 4.69) is 4.74 Å². The van der Waals surface area contributed by atoms with Gasteiger partial charge in [0.05, 0.1) is 10.7 Å². The molecule has 112 valence electrons. The van der Waals surface area contributed by atoms with E-state index in [4.69, 9.17) is 16.0 Å². The fourth-order valence-electron chi connectivity index (χ4n) is 1.61. The van der Waals surface area contributed by atoms with E-state index in [9.17, 15) is 22.8 Å². The van der Waals surface area contributed by atoms with Crippen molar-refractivity contribution >= 4 is 11.6 Å². The lowest BCUT2D eigenvalue weighted by Crippen LogP contribution is -2.30. The Labute approximate surface area is 120 Å². The van der Waals surface area contributed by atoms with Gasteiger partial charge in [-0.05, 0) is 25.1 Å². The first-order valence-electron chi connectivity index (χ1n) is 5.47. The smallest absolute Gasteiger partial charge is 0.414 e. The van der Waals surface area contributed by atoms with Gasteiger partial charge >= 0.3 is 12.1 Å². The van der Waals surface area contributed by atoms with Crippen LogP contribution < -0.4 is 16.1 Å². The molecule has 1 heterocycles. The number of rotatable bonds is 2. The molecule has 5 nitrogen and oxygen atoms in total. The van der Waals surface area contributed by atoms with Gasteiger partial charge in [0.25, 0.3) is 5.56 Å². The predicted molar refractivity (Wildman–Crippen MR) is 67.0 cm³/mol. The van der Waals surface area contributed by atoms with Gasteiger partial charge in [-0.3, -0.25) is 4.79 Å². The molecule has 0 saturated carbocycles. The van der Waals surface area contributed by atoms with Crippen molar-refractivity contribution in [2.24, 2.45) is 0 Å². The third kappa shape index (κ3) is 3.46. The quantitative estimate of drug-likeness (QED) is 0.853. The summed E-state index contributed by atoms with van der Waals surface area (Å²) in [7, 11) is 0. The molecular weight excluding hydrogens is 315 g/mol. The average molecular weight is 322 g/mol. The summed E-state index contributed by atoms with van der Waals surface area (Å²) in [6.07, 6.45) is -4.90. The van der Waals surface area contributed by atoms with Crippen LogP contribution in [-0.4, -0.2) is 10.9 Å². The van der Waals surface area contributed by atoms with E-state index in [1.54, 1.807) is 0 Å². The van der Waals surface area contributed by atoms with E-state index >= 15 is 0 Å². The van der Waals surface area contributed by atoms with Gasteiger partial charge in [-0.25, -0.2) is 9.36 Å². The Morgan fingerprint density at radius 3 is 2.43 bits per heavy atom. The lowest BCUT2D eigenvalue weighted by atomic mass is 10.3. The molecule has 0 radical (unpaired) electrons. The Morgan fingerprint density at radius 1 is 1.24 bits per heavy atom. The maximum Gasteiger partial charge on any atom is 0.573 e. The van der Waals surface area contributed by atoms with Crippen molar-refractivity contribution in [1.82, 2.24) is 4.57 Å². The molecule has 0 fully saturated rings. The van der Waals surface area contributed by atoms with Crippen LogP contribution in [0.1, 0.15) is 5.76 Å². The number of aromatic nitrogens is 1. The van der Waals surface area contributed by atoms with Crippen LogP contribution in [0.25, 0.3) is 5.69 Å².